The van der Waals surface area contributed by atoms with Crippen LogP contribution in [0.3, 0.4) is 0 Å². The van der Waals surface area contributed by atoms with E-state index in [9.17, 15) is 4.79 Å². The second-order valence-electron chi connectivity index (χ2n) is 2.85. The summed E-state index contributed by atoms with van der Waals surface area (Å²) >= 11 is 1.93. The molecule has 1 N–H and O–H groups in total. The predicted octanol–water partition coefficient (Wildman–Crippen LogP) is 1.51. The summed E-state index contributed by atoms with van der Waals surface area (Å²) in [5.41, 5.74) is 0. The van der Waals surface area contributed by atoms with E-state index in [1.807, 2.05) is 36.7 Å². The summed E-state index contributed by atoms with van der Waals surface area (Å²) in [6.45, 7) is 6.29. The maximum Gasteiger partial charge on any atom is 0.323 e. The highest BCUT2D eigenvalue weighted by Gasteiger charge is 2.12. The molecule has 0 rings (SSSR count). The van der Waals surface area contributed by atoms with Gasteiger partial charge >= 0.3 is 5.97 Å². The maximum absolute atomic E-state index is 11.0. The normalized spacial score (nSPS) is 13.2. The molecule has 0 fully saturated rings. The van der Waals surface area contributed by atoms with Crippen LogP contribution in [0.5, 0.6) is 0 Å². The zero-order valence-electron chi connectivity index (χ0n) is 7.06. The van der Waals surface area contributed by atoms with Gasteiger partial charge in [-0.15, -0.1) is 0 Å². The molecule has 1 atom stereocenters. The highest BCUT2D eigenvalue weighted by Crippen LogP contribution is 1.96. The molecule has 0 saturated carbocycles. The standard InChI is InChI=1S/C7H14INO2/c1-5(2)4-11-7(10)6(3)9-8/h5-6,9H,4H2,1-3H3. The SMILES string of the molecule is CC(C)COC(=O)C(C)NI. The molecule has 11 heavy (non-hydrogen) atoms. The lowest BCUT2D eigenvalue weighted by Crippen LogP contribution is -2.29. The molecule has 1 unspecified atom stereocenters. The van der Waals surface area contributed by atoms with Crippen LogP contribution in [-0.4, -0.2) is 18.6 Å². The van der Waals surface area contributed by atoms with Gasteiger partial charge in [-0.1, -0.05) is 13.8 Å². The number of hydrogen-bond donors (Lipinski definition) is 1. The van der Waals surface area contributed by atoms with E-state index in [-0.39, 0.29) is 12.0 Å². The summed E-state index contributed by atoms with van der Waals surface area (Å²) in [6, 6.07) is -0.214. The third-order valence-electron chi connectivity index (χ3n) is 1.08. The minimum atomic E-state index is -0.214. The predicted molar refractivity (Wildman–Crippen MR) is 52.4 cm³/mol. The second kappa shape index (κ2) is 5.77. The van der Waals surface area contributed by atoms with E-state index < -0.39 is 0 Å². The van der Waals surface area contributed by atoms with Crippen molar-refractivity contribution in [1.82, 2.24) is 3.53 Å². The maximum atomic E-state index is 11.0. The van der Waals surface area contributed by atoms with E-state index in [0.29, 0.717) is 12.5 Å². The number of nitrogens with one attached hydrogen (secondary N) is 1. The largest absolute Gasteiger partial charge is 0.464 e. The fourth-order valence-electron chi connectivity index (χ4n) is 0.418. The van der Waals surface area contributed by atoms with Crippen LogP contribution < -0.4 is 3.53 Å². The number of hydrogen-bond acceptors (Lipinski definition) is 3. The third kappa shape index (κ3) is 5.43. The molecule has 0 bridgehead atoms. The molecule has 0 aliphatic heterocycles. The van der Waals surface area contributed by atoms with Crippen molar-refractivity contribution < 1.29 is 9.53 Å². The van der Waals surface area contributed by atoms with E-state index in [1.54, 1.807) is 6.92 Å². The van der Waals surface area contributed by atoms with Crippen LogP contribution in [0.25, 0.3) is 0 Å². The monoisotopic (exact) mass is 271 g/mol. The lowest BCUT2D eigenvalue weighted by atomic mass is 10.2. The Morgan fingerprint density at radius 2 is 2.09 bits per heavy atom. The summed E-state index contributed by atoms with van der Waals surface area (Å²) in [7, 11) is 0. The van der Waals surface area contributed by atoms with Gasteiger partial charge in [0.25, 0.3) is 0 Å². The Morgan fingerprint density at radius 1 is 1.55 bits per heavy atom. The number of carbonyl (C=O) groups excluding carboxylic acids is 1. The topological polar surface area (TPSA) is 38.3 Å². The molecule has 0 saturated heterocycles. The van der Waals surface area contributed by atoms with Crippen molar-refractivity contribution in [2.75, 3.05) is 6.61 Å². The number of ether oxygens (including phenoxy) is 1. The van der Waals surface area contributed by atoms with Crippen LogP contribution >= 0.6 is 22.9 Å². The van der Waals surface area contributed by atoms with Crippen molar-refractivity contribution in [2.24, 2.45) is 5.92 Å². The number of esters is 1. The molecule has 0 aromatic heterocycles. The first-order valence-corrected chi connectivity index (χ1v) is 4.68. The lowest BCUT2D eigenvalue weighted by molar-refractivity contribution is -0.146. The molecule has 0 aliphatic carbocycles. The molecular formula is C7H14INO2. The van der Waals surface area contributed by atoms with Gasteiger partial charge in [0.1, 0.15) is 6.04 Å². The molecule has 0 aromatic rings. The van der Waals surface area contributed by atoms with Crippen LogP contribution in [0.15, 0.2) is 0 Å². The first-order valence-electron chi connectivity index (χ1n) is 3.60. The molecule has 0 radical (unpaired) electrons. The minimum Gasteiger partial charge on any atom is -0.464 e. The number of carbonyl (C=O) groups is 1. The van der Waals surface area contributed by atoms with Gasteiger partial charge in [-0.2, -0.15) is 0 Å². The van der Waals surface area contributed by atoms with Crippen molar-refractivity contribution in [3.8, 4) is 0 Å². The Hall–Kier alpha value is 0.160. The van der Waals surface area contributed by atoms with Crippen molar-refractivity contribution >= 4 is 28.8 Å². The fourth-order valence-corrected chi connectivity index (χ4v) is 0.673. The zero-order valence-corrected chi connectivity index (χ0v) is 9.21. The van der Waals surface area contributed by atoms with E-state index >= 15 is 0 Å². The smallest absolute Gasteiger partial charge is 0.323 e. The van der Waals surface area contributed by atoms with E-state index in [0.717, 1.165) is 0 Å². The average Bonchev–Trinajstić information content (AvgIpc) is 1.98. The summed E-state index contributed by atoms with van der Waals surface area (Å²) in [4.78, 5) is 11.0. The Kier molecular flexibility index (Phi) is 5.85. The second-order valence-corrected chi connectivity index (χ2v) is 3.48. The van der Waals surface area contributed by atoms with E-state index in [2.05, 4.69) is 3.53 Å². The summed E-state index contributed by atoms with van der Waals surface area (Å²) in [6.07, 6.45) is 0. The quantitative estimate of drug-likeness (QED) is 0.478. The zero-order chi connectivity index (χ0) is 8.85. The van der Waals surface area contributed by atoms with Crippen molar-refractivity contribution in [3.63, 3.8) is 0 Å². The molecule has 0 aliphatic rings. The summed E-state index contributed by atoms with van der Waals surface area (Å²) < 4.78 is 7.73. The third-order valence-corrected chi connectivity index (χ3v) is 2.01. The van der Waals surface area contributed by atoms with Gasteiger partial charge < -0.3 is 4.74 Å². The van der Waals surface area contributed by atoms with Crippen LogP contribution in [0.4, 0.5) is 0 Å². The van der Waals surface area contributed by atoms with Gasteiger partial charge in [0.05, 0.1) is 6.61 Å². The van der Waals surface area contributed by atoms with Crippen LogP contribution in [0, 0.1) is 5.92 Å². The number of halogens is 1. The van der Waals surface area contributed by atoms with Gasteiger partial charge in [0.15, 0.2) is 0 Å². The molecule has 0 aromatic carbocycles. The highest BCUT2D eigenvalue weighted by atomic mass is 127. The molecule has 0 heterocycles. The van der Waals surface area contributed by atoms with Gasteiger partial charge in [0, 0.05) is 22.9 Å². The fraction of sp³-hybridized carbons (Fsp3) is 0.857. The molecular weight excluding hydrogens is 257 g/mol. The Labute approximate surface area is 81.4 Å². The van der Waals surface area contributed by atoms with Gasteiger partial charge in [-0.3, -0.25) is 4.79 Å². The summed E-state index contributed by atoms with van der Waals surface area (Å²) in [5.74, 6) is 0.216. The lowest BCUT2D eigenvalue weighted by Gasteiger charge is -2.10. The first kappa shape index (κ1) is 11.2. The Morgan fingerprint density at radius 3 is 2.45 bits per heavy atom. The molecule has 4 heteroatoms. The van der Waals surface area contributed by atoms with Crippen molar-refractivity contribution in [1.29, 1.82) is 0 Å². The highest BCUT2D eigenvalue weighted by molar-refractivity contribution is 14.1. The average molecular weight is 271 g/mol. The Balaban J connectivity index is 3.52. The van der Waals surface area contributed by atoms with Gasteiger partial charge in [-0.25, -0.2) is 3.53 Å². The first-order chi connectivity index (χ1) is 5.07. The van der Waals surface area contributed by atoms with Gasteiger partial charge in [0.2, 0.25) is 0 Å². The number of rotatable bonds is 4. The van der Waals surface area contributed by atoms with Gasteiger partial charge in [-0.05, 0) is 12.8 Å². The summed E-state index contributed by atoms with van der Waals surface area (Å²) in [5, 5.41) is 0. The minimum absolute atomic E-state index is 0.187. The van der Waals surface area contributed by atoms with E-state index in [1.165, 1.54) is 0 Å². The Bertz CT molecular complexity index is 128. The van der Waals surface area contributed by atoms with Crippen molar-refractivity contribution in [2.45, 2.75) is 26.8 Å². The van der Waals surface area contributed by atoms with Crippen LogP contribution in [-0.2, 0) is 9.53 Å². The van der Waals surface area contributed by atoms with Crippen LogP contribution in [0.1, 0.15) is 20.8 Å². The molecule has 0 amide bonds. The molecule has 66 valence electrons. The molecule has 3 nitrogen and oxygen atoms in total. The van der Waals surface area contributed by atoms with E-state index in [4.69, 9.17) is 4.74 Å². The van der Waals surface area contributed by atoms with Crippen molar-refractivity contribution in [3.05, 3.63) is 0 Å². The van der Waals surface area contributed by atoms with Crippen LogP contribution in [0.2, 0.25) is 0 Å². The molecule has 0 spiro atoms.